The number of fused-ring (bicyclic) bond motifs is 1. The van der Waals surface area contributed by atoms with E-state index < -0.39 is 8.07 Å². The van der Waals surface area contributed by atoms with Gasteiger partial charge in [-0.05, 0) is 29.6 Å². The van der Waals surface area contributed by atoms with E-state index in [4.69, 9.17) is 9.47 Å². The van der Waals surface area contributed by atoms with Crippen LogP contribution in [0.5, 0.6) is 5.75 Å². The summed E-state index contributed by atoms with van der Waals surface area (Å²) in [5, 5.41) is 1.26. The Morgan fingerprint density at radius 1 is 1.35 bits per heavy atom. The van der Waals surface area contributed by atoms with Gasteiger partial charge >= 0.3 is 5.97 Å². The first kappa shape index (κ1) is 13.4. The maximum absolute atomic E-state index is 12.0. The normalized spacial score (nSPS) is 32.4. The van der Waals surface area contributed by atoms with Crippen LogP contribution in [0.3, 0.4) is 0 Å². The summed E-state index contributed by atoms with van der Waals surface area (Å²) in [6, 6.07) is 8.19. The monoisotopic (exact) mass is 288 g/mol. The Morgan fingerprint density at radius 3 is 2.95 bits per heavy atom. The number of allylic oxidation sites excluding steroid dienone is 2. The van der Waals surface area contributed by atoms with Gasteiger partial charge in [-0.3, -0.25) is 4.79 Å². The van der Waals surface area contributed by atoms with Crippen molar-refractivity contribution in [3.8, 4) is 5.75 Å². The first-order valence-electron chi connectivity index (χ1n) is 7.13. The predicted octanol–water partition coefficient (Wildman–Crippen LogP) is 2.41. The lowest BCUT2D eigenvalue weighted by molar-refractivity contribution is -0.148. The van der Waals surface area contributed by atoms with Crippen LogP contribution in [0, 0.1) is 5.92 Å². The average molecular weight is 288 g/mol. The Labute approximate surface area is 120 Å². The topological polar surface area (TPSA) is 35.5 Å². The third-order valence-electron chi connectivity index (χ3n) is 4.70. The summed E-state index contributed by atoms with van der Waals surface area (Å²) in [6.45, 7) is 2.31. The largest absolute Gasteiger partial charge is 0.497 e. The van der Waals surface area contributed by atoms with Crippen LogP contribution in [0.1, 0.15) is 12.8 Å². The molecule has 0 bridgehead atoms. The van der Waals surface area contributed by atoms with Gasteiger partial charge in [0, 0.05) is 0 Å². The molecule has 3 atom stereocenters. The molecule has 0 radical (unpaired) electrons. The fourth-order valence-electron chi connectivity index (χ4n) is 3.55. The molecule has 2 aliphatic rings. The molecular weight excluding hydrogens is 268 g/mol. The standard InChI is InChI=1S/C16H20O3Si/c1-18-13-8-4-6-10-15(13)20(2)11-19-16(17)12-7-3-5-9-14(12)20/h4-6,8-10,12,14H,3,7,11H2,1-2H3/t12-,14+,20?/m0/s1. The summed E-state index contributed by atoms with van der Waals surface area (Å²) in [5.74, 6) is 0.951. The van der Waals surface area contributed by atoms with E-state index in [1.807, 2.05) is 18.2 Å². The quantitative estimate of drug-likeness (QED) is 0.476. The molecule has 0 aromatic heterocycles. The van der Waals surface area contributed by atoms with Gasteiger partial charge < -0.3 is 9.47 Å². The Kier molecular flexibility index (Phi) is 3.42. The number of rotatable bonds is 2. The first-order valence-corrected chi connectivity index (χ1v) is 9.92. The number of methoxy groups -OCH3 is 1. The molecule has 1 fully saturated rings. The smallest absolute Gasteiger partial charge is 0.308 e. The fraction of sp³-hybridized carbons (Fsp3) is 0.438. The Balaban J connectivity index is 2.07. The summed E-state index contributed by atoms with van der Waals surface area (Å²) in [7, 11) is -0.229. The number of para-hydroxylation sites is 1. The van der Waals surface area contributed by atoms with Crippen molar-refractivity contribution in [1.82, 2.24) is 0 Å². The van der Waals surface area contributed by atoms with E-state index >= 15 is 0 Å². The lowest BCUT2D eigenvalue weighted by atomic mass is 9.94. The van der Waals surface area contributed by atoms with Crippen LogP contribution >= 0.6 is 0 Å². The molecule has 1 aliphatic carbocycles. The van der Waals surface area contributed by atoms with Crippen molar-refractivity contribution >= 4 is 19.2 Å². The summed E-state index contributed by atoms with van der Waals surface area (Å²) in [4.78, 5) is 12.0. The lowest BCUT2D eigenvalue weighted by Crippen LogP contribution is -2.60. The summed E-state index contributed by atoms with van der Waals surface area (Å²) < 4.78 is 11.1. The third-order valence-corrected chi connectivity index (χ3v) is 9.15. The van der Waals surface area contributed by atoms with Gasteiger partial charge in [0.1, 0.15) is 13.8 Å². The zero-order valence-corrected chi connectivity index (χ0v) is 13.0. The second-order valence-corrected chi connectivity index (χ2v) is 10.2. The molecule has 1 aromatic carbocycles. The van der Waals surface area contributed by atoms with Gasteiger partial charge in [-0.1, -0.05) is 36.9 Å². The van der Waals surface area contributed by atoms with E-state index in [1.54, 1.807) is 7.11 Å². The molecule has 4 heteroatoms. The first-order chi connectivity index (χ1) is 9.66. The van der Waals surface area contributed by atoms with Crippen LogP contribution in [0.25, 0.3) is 0 Å². The third kappa shape index (κ3) is 1.99. The predicted molar refractivity (Wildman–Crippen MR) is 80.8 cm³/mol. The Hall–Kier alpha value is -1.55. The van der Waals surface area contributed by atoms with Gasteiger partial charge in [-0.25, -0.2) is 0 Å². The van der Waals surface area contributed by atoms with Gasteiger partial charge in [0.25, 0.3) is 0 Å². The molecule has 106 valence electrons. The lowest BCUT2D eigenvalue weighted by Gasteiger charge is -2.43. The molecule has 1 aliphatic heterocycles. The van der Waals surface area contributed by atoms with Crippen LogP contribution in [0.4, 0.5) is 0 Å². The van der Waals surface area contributed by atoms with Gasteiger partial charge in [0.2, 0.25) is 0 Å². The molecule has 0 spiro atoms. The zero-order valence-electron chi connectivity index (χ0n) is 12.0. The molecule has 0 amide bonds. The van der Waals surface area contributed by atoms with Gasteiger partial charge in [0.05, 0.1) is 19.3 Å². The number of carbonyl (C=O) groups is 1. The van der Waals surface area contributed by atoms with Crippen molar-refractivity contribution in [3.63, 3.8) is 0 Å². The minimum atomic E-state index is -1.94. The number of carbonyl (C=O) groups excluding carboxylic acids is 1. The van der Waals surface area contributed by atoms with Crippen molar-refractivity contribution in [2.75, 3.05) is 13.3 Å². The van der Waals surface area contributed by atoms with E-state index in [9.17, 15) is 4.79 Å². The van der Waals surface area contributed by atoms with Crippen LogP contribution < -0.4 is 9.92 Å². The van der Waals surface area contributed by atoms with Crippen LogP contribution in [-0.4, -0.2) is 27.4 Å². The zero-order chi connectivity index (χ0) is 14.2. The average Bonchev–Trinajstić information content (AvgIpc) is 2.51. The van der Waals surface area contributed by atoms with Crippen LogP contribution in [0.2, 0.25) is 12.1 Å². The highest BCUT2D eigenvalue weighted by Gasteiger charge is 2.51. The number of benzene rings is 1. The maximum Gasteiger partial charge on any atom is 0.308 e. The molecule has 20 heavy (non-hydrogen) atoms. The SMILES string of the molecule is COc1ccccc1[Si]1(C)COC(=O)[C@H]2CCC=C[C@H]21. The molecule has 1 aromatic rings. The molecule has 3 rings (SSSR count). The highest BCUT2D eigenvalue weighted by Crippen LogP contribution is 2.42. The molecule has 1 heterocycles. The highest BCUT2D eigenvalue weighted by atomic mass is 28.3. The van der Waals surface area contributed by atoms with E-state index in [1.165, 1.54) is 5.19 Å². The minimum absolute atomic E-state index is 0.0146. The van der Waals surface area contributed by atoms with Crippen molar-refractivity contribution in [3.05, 3.63) is 36.4 Å². The van der Waals surface area contributed by atoms with E-state index in [-0.39, 0.29) is 11.9 Å². The highest BCUT2D eigenvalue weighted by molar-refractivity contribution is 6.93. The van der Waals surface area contributed by atoms with Crippen molar-refractivity contribution < 1.29 is 14.3 Å². The minimum Gasteiger partial charge on any atom is -0.497 e. The van der Waals surface area contributed by atoms with E-state index in [0.717, 1.165) is 18.6 Å². The second kappa shape index (κ2) is 5.09. The number of ether oxygens (including phenoxy) is 2. The number of esters is 1. The molecule has 1 saturated heterocycles. The number of hydrogen-bond donors (Lipinski definition) is 0. The summed E-state index contributed by atoms with van der Waals surface area (Å²) in [6.07, 6.45) is 6.93. The van der Waals surface area contributed by atoms with Crippen LogP contribution in [-0.2, 0) is 9.53 Å². The molecule has 0 N–H and O–H groups in total. The van der Waals surface area contributed by atoms with Gasteiger partial charge in [0.15, 0.2) is 0 Å². The second-order valence-electron chi connectivity index (χ2n) is 5.86. The van der Waals surface area contributed by atoms with Gasteiger partial charge in [-0.15, -0.1) is 0 Å². The Bertz CT molecular complexity index is 554. The van der Waals surface area contributed by atoms with Crippen molar-refractivity contribution in [2.45, 2.75) is 24.9 Å². The van der Waals surface area contributed by atoms with E-state index in [0.29, 0.717) is 11.8 Å². The number of cyclic esters (lactones) is 1. The maximum atomic E-state index is 12.0. The van der Waals surface area contributed by atoms with Gasteiger partial charge in [-0.2, -0.15) is 0 Å². The van der Waals surface area contributed by atoms with E-state index in [2.05, 4.69) is 24.8 Å². The molecule has 3 nitrogen and oxygen atoms in total. The van der Waals surface area contributed by atoms with Crippen molar-refractivity contribution in [1.29, 1.82) is 0 Å². The van der Waals surface area contributed by atoms with Crippen LogP contribution in [0.15, 0.2) is 36.4 Å². The fourth-order valence-corrected chi connectivity index (χ4v) is 7.68. The summed E-state index contributed by atoms with van der Waals surface area (Å²) in [5.41, 5.74) is 0.328. The summed E-state index contributed by atoms with van der Waals surface area (Å²) >= 11 is 0. The molecular formula is C16H20O3Si. The van der Waals surface area contributed by atoms with Crippen molar-refractivity contribution in [2.24, 2.45) is 5.92 Å². The molecule has 1 unspecified atom stereocenters. The Morgan fingerprint density at radius 2 is 2.15 bits per heavy atom. The molecule has 0 saturated carbocycles. The number of hydrogen-bond acceptors (Lipinski definition) is 3.